The van der Waals surface area contributed by atoms with Crippen molar-refractivity contribution in [2.45, 2.75) is 11.4 Å². The minimum absolute atomic E-state index is 0.0457. The molecule has 2 N–H and O–H groups in total. The van der Waals surface area contributed by atoms with Crippen LogP contribution in [0.4, 0.5) is 4.39 Å². The smallest absolute Gasteiger partial charge is 0.294 e. The third-order valence-electron chi connectivity index (χ3n) is 4.45. The molecule has 3 aromatic rings. The number of aromatic amines is 1. The van der Waals surface area contributed by atoms with E-state index in [1.807, 2.05) is 0 Å². The van der Waals surface area contributed by atoms with Crippen LogP contribution in [-0.2, 0) is 16.4 Å². The molecule has 0 radical (unpaired) electrons. The Labute approximate surface area is 192 Å². The van der Waals surface area contributed by atoms with Crippen molar-refractivity contribution < 1.29 is 22.7 Å². The second kappa shape index (κ2) is 8.89. The van der Waals surface area contributed by atoms with E-state index in [1.54, 1.807) is 18.2 Å². The van der Waals surface area contributed by atoms with E-state index in [9.17, 15) is 27.5 Å². The van der Waals surface area contributed by atoms with Gasteiger partial charge in [0.15, 0.2) is 15.5 Å². The van der Waals surface area contributed by atoms with E-state index in [0.29, 0.717) is 10.6 Å². The molecule has 32 heavy (non-hydrogen) atoms. The van der Waals surface area contributed by atoms with E-state index in [-0.39, 0.29) is 23.0 Å². The van der Waals surface area contributed by atoms with Gasteiger partial charge < -0.3 is 15.0 Å². The first-order valence-corrected chi connectivity index (χ1v) is 11.6. The number of halogens is 3. The maximum Gasteiger partial charge on any atom is 0.294 e. The summed E-state index contributed by atoms with van der Waals surface area (Å²) in [6.07, 6.45) is 0.862. The van der Waals surface area contributed by atoms with E-state index < -0.39 is 43.5 Å². The predicted octanol–water partition coefficient (Wildman–Crippen LogP) is 3.26. The molecule has 2 aromatic carbocycles. The largest absolute Gasteiger partial charge is 0.501 e. The van der Waals surface area contributed by atoms with Crippen LogP contribution in [0.15, 0.2) is 46.1 Å². The van der Waals surface area contributed by atoms with Crippen LogP contribution in [0.5, 0.6) is 5.75 Å². The highest BCUT2D eigenvalue weighted by atomic mass is 35.5. The Hall–Kier alpha value is -2.95. The minimum atomic E-state index is -3.91. The summed E-state index contributed by atoms with van der Waals surface area (Å²) in [5, 5.41) is 10.8. The number of nitrogens with zero attached hydrogens (tertiary/aromatic N) is 2. The zero-order valence-corrected chi connectivity index (χ0v) is 19.0. The molecule has 1 aromatic heterocycles. The van der Waals surface area contributed by atoms with Crippen LogP contribution in [0.3, 0.4) is 0 Å². The van der Waals surface area contributed by atoms with Gasteiger partial charge in [-0.25, -0.2) is 17.8 Å². The second-order valence-electron chi connectivity index (χ2n) is 6.93. The maximum atomic E-state index is 13.6. The predicted molar refractivity (Wildman–Crippen MR) is 117 cm³/mol. The fourth-order valence-electron chi connectivity index (χ4n) is 2.91. The minimum Gasteiger partial charge on any atom is -0.501 e. The number of sulfone groups is 1. The lowest BCUT2D eigenvalue weighted by Gasteiger charge is -2.18. The first-order valence-electron chi connectivity index (χ1n) is 8.91. The average Bonchev–Trinajstić information content (AvgIpc) is 2.71. The van der Waals surface area contributed by atoms with Gasteiger partial charge in [0.2, 0.25) is 5.75 Å². The van der Waals surface area contributed by atoms with E-state index in [4.69, 9.17) is 23.2 Å². The molecule has 0 saturated carbocycles. The molecular weight excluding hydrogens is 484 g/mol. The van der Waals surface area contributed by atoms with Gasteiger partial charge in [-0.05, 0) is 35.9 Å². The lowest BCUT2D eigenvalue weighted by atomic mass is 10.2. The molecule has 8 nitrogen and oxygen atoms in total. The Bertz CT molecular complexity index is 1390. The van der Waals surface area contributed by atoms with Crippen LogP contribution in [0, 0.1) is 5.82 Å². The van der Waals surface area contributed by atoms with Gasteiger partial charge in [-0.15, -0.1) is 0 Å². The summed E-state index contributed by atoms with van der Waals surface area (Å²) in [6, 6.07) is 7.62. The quantitative estimate of drug-likeness (QED) is 0.555. The SMILES string of the molecule is CN(Cc1ccc(Cl)c(Cl)c1)C(=O)c1nc(-c2ccc(F)cc2S(C)(=O)=O)[nH]c(=O)c1O. The topological polar surface area (TPSA) is 120 Å². The van der Waals surface area contributed by atoms with E-state index in [1.165, 1.54) is 11.9 Å². The highest BCUT2D eigenvalue weighted by Crippen LogP contribution is 2.27. The summed E-state index contributed by atoms with van der Waals surface area (Å²) in [6.45, 7) is 0.0457. The number of rotatable bonds is 5. The summed E-state index contributed by atoms with van der Waals surface area (Å²) in [4.78, 5) is 32.1. The highest BCUT2D eigenvalue weighted by Gasteiger charge is 2.24. The first-order chi connectivity index (χ1) is 14.9. The average molecular weight is 500 g/mol. The maximum absolute atomic E-state index is 13.6. The van der Waals surface area contributed by atoms with Crippen molar-refractivity contribution in [1.82, 2.24) is 14.9 Å². The van der Waals surface area contributed by atoms with E-state index >= 15 is 0 Å². The van der Waals surface area contributed by atoms with Gasteiger partial charge in [-0.1, -0.05) is 29.3 Å². The molecule has 0 spiro atoms. The van der Waals surface area contributed by atoms with Crippen molar-refractivity contribution in [3.05, 3.63) is 73.9 Å². The number of benzene rings is 2. The number of hydrogen-bond acceptors (Lipinski definition) is 6. The van der Waals surface area contributed by atoms with Crippen LogP contribution in [0.25, 0.3) is 11.4 Å². The normalized spacial score (nSPS) is 11.4. The van der Waals surface area contributed by atoms with E-state index in [0.717, 1.165) is 24.5 Å². The van der Waals surface area contributed by atoms with Crippen molar-refractivity contribution in [3.63, 3.8) is 0 Å². The van der Waals surface area contributed by atoms with Gasteiger partial charge in [0.25, 0.3) is 11.5 Å². The Morgan fingerprint density at radius 1 is 1.19 bits per heavy atom. The zero-order valence-electron chi connectivity index (χ0n) is 16.7. The standard InChI is InChI=1S/C20H16Cl2FN3O5S/c1-26(9-10-3-6-13(21)14(22)7-10)20(29)16-17(27)19(28)25-18(24-16)12-5-4-11(23)8-15(12)32(2,30)31/h3-8,27H,9H2,1-2H3,(H,24,25,28). The third kappa shape index (κ3) is 4.93. The van der Waals surface area contributed by atoms with Gasteiger partial charge >= 0.3 is 0 Å². The number of carbonyl (C=O) groups excluding carboxylic acids is 1. The lowest BCUT2D eigenvalue weighted by Crippen LogP contribution is -2.29. The van der Waals surface area contributed by atoms with E-state index in [2.05, 4.69) is 9.97 Å². The molecule has 0 aliphatic carbocycles. The lowest BCUT2D eigenvalue weighted by molar-refractivity contribution is 0.0775. The zero-order chi connectivity index (χ0) is 23.8. The van der Waals surface area contributed by atoms with Gasteiger partial charge in [-0.3, -0.25) is 9.59 Å². The monoisotopic (exact) mass is 499 g/mol. The van der Waals surface area contributed by atoms with Crippen LogP contribution in [0.1, 0.15) is 16.1 Å². The van der Waals surface area contributed by atoms with Crippen LogP contribution in [0.2, 0.25) is 10.0 Å². The van der Waals surface area contributed by atoms with Gasteiger partial charge in [0.1, 0.15) is 11.6 Å². The molecule has 0 aliphatic heterocycles. The molecule has 0 atom stereocenters. The molecule has 168 valence electrons. The molecule has 1 amide bonds. The molecule has 0 unspecified atom stereocenters. The molecule has 0 aliphatic rings. The first kappa shape index (κ1) is 23.7. The van der Waals surface area contributed by atoms with Gasteiger partial charge in [-0.2, -0.15) is 0 Å². The Kier molecular flexibility index (Phi) is 6.59. The van der Waals surface area contributed by atoms with Crippen molar-refractivity contribution in [3.8, 4) is 17.1 Å². The van der Waals surface area contributed by atoms with Gasteiger partial charge in [0.05, 0.1) is 14.9 Å². The Morgan fingerprint density at radius 3 is 2.50 bits per heavy atom. The van der Waals surface area contributed by atoms with Crippen molar-refractivity contribution in [2.75, 3.05) is 13.3 Å². The van der Waals surface area contributed by atoms with Crippen molar-refractivity contribution in [2.24, 2.45) is 0 Å². The summed E-state index contributed by atoms with van der Waals surface area (Å²) in [5.74, 6) is -2.89. The van der Waals surface area contributed by atoms with Crippen LogP contribution >= 0.6 is 23.2 Å². The number of nitrogens with one attached hydrogen (secondary N) is 1. The van der Waals surface area contributed by atoms with Crippen LogP contribution in [-0.4, -0.2) is 47.6 Å². The summed E-state index contributed by atoms with van der Waals surface area (Å²) >= 11 is 11.9. The van der Waals surface area contributed by atoms with Crippen molar-refractivity contribution >= 4 is 38.9 Å². The molecule has 0 fully saturated rings. The third-order valence-corrected chi connectivity index (χ3v) is 6.32. The molecule has 0 bridgehead atoms. The van der Waals surface area contributed by atoms with Crippen molar-refractivity contribution in [1.29, 1.82) is 0 Å². The molecule has 12 heteroatoms. The number of aromatic nitrogens is 2. The number of hydrogen-bond donors (Lipinski definition) is 2. The summed E-state index contributed by atoms with van der Waals surface area (Å²) in [5.41, 5.74) is -1.18. The number of aromatic hydroxyl groups is 1. The number of amides is 1. The van der Waals surface area contributed by atoms with Gasteiger partial charge in [0, 0.05) is 25.4 Å². The molecule has 3 rings (SSSR count). The van der Waals surface area contributed by atoms with Crippen LogP contribution < -0.4 is 5.56 Å². The Balaban J connectivity index is 2.05. The number of carbonyl (C=O) groups is 1. The molecular formula is C20H16Cl2FN3O5S. The summed E-state index contributed by atoms with van der Waals surface area (Å²) in [7, 11) is -2.50. The Morgan fingerprint density at radius 2 is 1.88 bits per heavy atom. The molecule has 0 saturated heterocycles. The second-order valence-corrected chi connectivity index (χ2v) is 9.73. The summed E-state index contributed by atoms with van der Waals surface area (Å²) < 4.78 is 37.8. The molecule has 1 heterocycles. The number of H-pyrrole nitrogens is 1. The highest BCUT2D eigenvalue weighted by molar-refractivity contribution is 7.90. The fraction of sp³-hybridized carbons (Fsp3) is 0.150. The fourth-order valence-corrected chi connectivity index (χ4v) is 4.12.